The maximum atomic E-state index is 4.47. The highest BCUT2D eigenvalue weighted by Crippen LogP contribution is 2.28. The summed E-state index contributed by atoms with van der Waals surface area (Å²) in [5.41, 5.74) is 0. The number of nitrogens with one attached hydrogen (secondary N) is 2. The number of hydrogen-bond donors (Lipinski definition) is 2. The third kappa shape index (κ3) is 3.62. The van der Waals surface area contributed by atoms with E-state index in [-0.39, 0.29) is 0 Å². The van der Waals surface area contributed by atoms with E-state index in [0.29, 0.717) is 0 Å². The number of hydrogen-bond acceptors (Lipinski definition) is 3. The molecule has 2 N–H and O–H groups in total. The minimum Gasteiger partial charge on any atom is -0.373 e. The molecule has 0 saturated heterocycles. The van der Waals surface area contributed by atoms with Gasteiger partial charge in [0.05, 0.1) is 0 Å². The minimum atomic E-state index is 0.825. The second-order valence-corrected chi connectivity index (χ2v) is 5.16. The molecule has 0 aromatic carbocycles. The SMILES string of the molecule is CNc1cccc(NCC2CCC(C)CC2)n1. The molecule has 2 rings (SSSR count). The van der Waals surface area contributed by atoms with E-state index in [9.17, 15) is 0 Å². The Balaban J connectivity index is 1.81. The van der Waals surface area contributed by atoms with Gasteiger partial charge in [0.2, 0.25) is 0 Å². The van der Waals surface area contributed by atoms with Gasteiger partial charge >= 0.3 is 0 Å². The van der Waals surface area contributed by atoms with E-state index in [1.165, 1.54) is 25.7 Å². The quantitative estimate of drug-likeness (QED) is 0.837. The van der Waals surface area contributed by atoms with Crippen LogP contribution in [0.5, 0.6) is 0 Å². The van der Waals surface area contributed by atoms with Crippen molar-refractivity contribution in [1.82, 2.24) is 4.98 Å². The third-order valence-electron chi connectivity index (χ3n) is 3.71. The number of rotatable bonds is 4. The van der Waals surface area contributed by atoms with Crippen LogP contribution in [0, 0.1) is 11.8 Å². The van der Waals surface area contributed by atoms with Crippen molar-refractivity contribution in [2.45, 2.75) is 32.6 Å². The predicted octanol–water partition coefficient (Wildman–Crippen LogP) is 3.36. The lowest BCUT2D eigenvalue weighted by Crippen LogP contribution is -2.20. The first-order valence-electron chi connectivity index (χ1n) is 6.66. The summed E-state index contributed by atoms with van der Waals surface area (Å²) in [6.07, 6.45) is 5.49. The fraction of sp³-hybridized carbons (Fsp3) is 0.643. The van der Waals surface area contributed by atoms with Gasteiger partial charge in [-0.25, -0.2) is 4.98 Å². The Labute approximate surface area is 104 Å². The van der Waals surface area contributed by atoms with Crippen LogP contribution < -0.4 is 10.6 Å². The van der Waals surface area contributed by atoms with Gasteiger partial charge in [-0.15, -0.1) is 0 Å². The molecule has 0 unspecified atom stereocenters. The van der Waals surface area contributed by atoms with Crippen LogP contribution in [0.4, 0.5) is 11.6 Å². The van der Waals surface area contributed by atoms with E-state index in [1.54, 1.807) is 0 Å². The molecule has 17 heavy (non-hydrogen) atoms. The molecule has 3 nitrogen and oxygen atoms in total. The molecule has 0 bridgehead atoms. The fourth-order valence-electron chi connectivity index (χ4n) is 2.45. The predicted molar refractivity (Wildman–Crippen MR) is 73.4 cm³/mol. The Morgan fingerprint density at radius 2 is 1.88 bits per heavy atom. The highest BCUT2D eigenvalue weighted by Gasteiger charge is 2.17. The van der Waals surface area contributed by atoms with Crippen LogP contribution in [0.15, 0.2) is 18.2 Å². The monoisotopic (exact) mass is 233 g/mol. The molecule has 0 amide bonds. The van der Waals surface area contributed by atoms with E-state index in [2.05, 4.69) is 22.5 Å². The van der Waals surface area contributed by atoms with Gasteiger partial charge in [0.1, 0.15) is 11.6 Å². The molecule has 0 atom stereocenters. The van der Waals surface area contributed by atoms with Crippen molar-refractivity contribution >= 4 is 11.6 Å². The van der Waals surface area contributed by atoms with Gasteiger partial charge in [0.15, 0.2) is 0 Å². The van der Waals surface area contributed by atoms with Crippen molar-refractivity contribution in [3.63, 3.8) is 0 Å². The van der Waals surface area contributed by atoms with Gasteiger partial charge in [0.25, 0.3) is 0 Å². The number of aromatic nitrogens is 1. The van der Waals surface area contributed by atoms with Crippen molar-refractivity contribution in [2.75, 3.05) is 24.2 Å². The molecule has 1 aromatic rings. The third-order valence-corrected chi connectivity index (χ3v) is 3.71. The summed E-state index contributed by atoms with van der Waals surface area (Å²) >= 11 is 0. The van der Waals surface area contributed by atoms with Crippen LogP contribution in [0.25, 0.3) is 0 Å². The molecular formula is C14H23N3. The van der Waals surface area contributed by atoms with Crippen molar-refractivity contribution in [2.24, 2.45) is 11.8 Å². The van der Waals surface area contributed by atoms with Gasteiger partial charge in [-0.05, 0) is 36.8 Å². The summed E-state index contributed by atoms with van der Waals surface area (Å²) in [4.78, 5) is 4.47. The van der Waals surface area contributed by atoms with E-state index >= 15 is 0 Å². The van der Waals surface area contributed by atoms with Crippen LogP contribution in [-0.4, -0.2) is 18.6 Å². The summed E-state index contributed by atoms with van der Waals surface area (Å²) in [6, 6.07) is 6.05. The fourth-order valence-corrected chi connectivity index (χ4v) is 2.45. The van der Waals surface area contributed by atoms with Gasteiger partial charge in [-0.3, -0.25) is 0 Å². The van der Waals surface area contributed by atoms with E-state index < -0.39 is 0 Å². The smallest absolute Gasteiger partial charge is 0.128 e. The zero-order chi connectivity index (χ0) is 12.1. The molecule has 1 saturated carbocycles. The highest BCUT2D eigenvalue weighted by atomic mass is 15.0. The summed E-state index contributed by atoms with van der Waals surface area (Å²) in [7, 11) is 1.90. The van der Waals surface area contributed by atoms with Crippen molar-refractivity contribution in [1.29, 1.82) is 0 Å². The molecule has 1 fully saturated rings. The van der Waals surface area contributed by atoms with Crippen LogP contribution >= 0.6 is 0 Å². The second kappa shape index (κ2) is 5.89. The molecular weight excluding hydrogens is 210 g/mol. The van der Waals surface area contributed by atoms with Crippen LogP contribution in [-0.2, 0) is 0 Å². The van der Waals surface area contributed by atoms with Gasteiger partial charge < -0.3 is 10.6 Å². The number of nitrogens with zero attached hydrogens (tertiary/aromatic N) is 1. The van der Waals surface area contributed by atoms with Gasteiger partial charge in [-0.1, -0.05) is 25.8 Å². The van der Waals surface area contributed by atoms with Gasteiger partial charge in [-0.2, -0.15) is 0 Å². The molecule has 1 heterocycles. The molecule has 1 aliphatic rings. The van der Waals surface area contributed by atoms with E-state index in [1.807, 2.05) is 25.2 Å². The number of anilines is 2. The number of pyridine rings is 1. The van der Waals surface area contributed by atoms with E-state index in [4.69, 9.17) is 0 Å². The normalized spacial score (nSPS) is 24.4. The summed E-state index contributed by atoms with van der Waals surface area (Å²) in [6.45, 7) is 3.43. The maximum Gasteiger partial charge on any atom is 0.128 e. The Hall–Kier alpha value is -1.25. The topological polar surface area (TPSA) is 37.0 Å². The Bertz CT molecular complexity index is 343. The first-order chi connectivity index (χ1) is 8.28. The Morgan fingerprint density at radius 3 is 2.59 bits per heavy atom. The summed E-state index contributed by atoms with van der Waals surface area (Å²) in [5.74, 6) is 3.66. The zero-order valence-corrected chi connectivity index (χ0v) is 10.9. The molecule has 1 aromatic heterocycles. The molecule has 0 aliphatic heterocycles. The molecule has 94 valence electrons. The Morgan fingerprint density at radius 1 is 1.18 bits per heavy atom. The molecule has 3 heteroatoms. The van der Waals surface area contributed by atoms with Gasteiger partial charge in [0, 0.05) is 13.6 Å². The summed E-state index contributed by atoms with van der Waals surface area (Å²) in [5, 5.41) is 6.51. The molecule has 1 aliphatic carbocycles. The van der Waals surface area contributed by atoms with Crippen LogP contribution in [0.3, 0.4) is 0 Å². The Kier molecular flexibility index (Phi) is 4.24. The minimum absolute atomic E-state index is 0.825. The van der Waals surface area contributed by atoms with Crippen molar-refractivity contribution in [3.8, 4) is 0 Å². The highest BCUT2D eigenvalue weighted by molar-refractivity contribution is 5.44. The average molecular weight is 233 g/mol. The standard InChI is InChI=1S/C14H23N3/c1-11-6-8-12(9-7-11)10-16-14-5-3-4-13(15-2)17-14/h3-5,11-12H,6-10H2,1-2H3,(H2,15,16,17). The lowest BCUT2D eigenvalue weighted by atomic mass is 9.83. The van der Waals surface area contributed by atoms with Crippen molar-refractivity contribution < 1.29 is 0 Å². The summed E-state index contributed by atoms with van der Waals surface area (Å²) < 4.78 is 0. The zero-order valence-electron chi connectivity index (χ0n) is 10.9. The lowest BCUT2D eigenvalue weighted by Gasteiger charge is -2.26. The van der Waals surface area contributed by atoms with Crippen LogP contribution in [0.2, 0.25) is 0 Å². The second-order valence-electron chi connectivity index (χ2n) is 5.16. The largest absolute Gasteiger partial charge is 0.373 e. The first kappa shape index (κ1) is 12.2. The van der Waals surface area contributed by atoms with Crippen LogP contribution in [0.1, 0.15) is 32.6 Å². The average Bonchev–Trinajstić information content (AvgIpc) is 2.38. The lowest BCUT2D eigenvalue weighted by molar-refractivity contribution is 0.300. The first-order valence-corrected chi connectivity index (χ1v) is 6.66. The molecule has 0 radical (unpaired) electrons. The maximum absolute atomic E-state index is 4.47. The van der Waals surface area contributed by atoms with Crippen molar-refractivity contribution in [3.05, 3.63) is 18.2 Å². The molecule has 0 spiro atoms. The van der Waals surface area contributed by atoms with E-state index in [0.717, 1.165) is 30.0 Å².